The van der Waals surface area contributed by atoms with Gasteiger partial charge >= 0.3 is 0 Å². The molecule has 2 N–H and O–H groups in total. The van der Waals surface area contributed by atoms with Crippen LogP contribution in [0.4, 0.5) is 0 Å². The third kappa shape index (κ3) is 3.33. The lowest BCUT2D eigenvalue weighted by Gasteiger charge is -2.36. The van der Waals surface area contributed by atoms with Crippen LogP contribution >= 0.6 is 0 Å². The molecule has 2 rings (SSSR count). The highest BCUT2D eigenvalue weighted by molar-refractivity contribution is 5.94. The summed E-state index contributed by atoms with van der Waals surface area (Å²) in [4.78, 5) is 14.3. The molecule has 1 fully saturated rings. The minimum Gasteiger partial charge on any atom is -0.372 e. The first-order valence-electron chi connectivity index (χ1n) is 6.87. The average molecular weight is 262 g/mol. The standard InChI is InChI=1S/C15H22N2O2/c1-3-14-10-17(9-11(2)19-14)15(18)13-6-4-12(8-16)5-7-13/h4-7,11,14H,3,8-10,16H2,1-2H3/t11-,14-/m1/s1. The molecule has 1 aliphatic heterocycles. The Labute approximate surface area is 114 Å². The quantitative estimate of drug-likeness (QED) is 0.903. The van der Waals surface area contributed by atoms with Gasteiger partial charge in [0, 0.05) is 25.2 Å². The van der Waals surface area contributed by atoms with Crippen LogP contribution in [0.5, 0.6) is 0 Å². The summed E-state index contributed by atoms with van der Waals surface area (Å²) in [6.45, 7) is 5.94. The summed E-state index contributed by atoms with van der Waals surface area (Å²) in [7, 11) is 0. The molecule has 1 aromatic carbocycles. The molecule has 0 radical (unpaired) electrons. The van der Waals surface area contributed by atoms with Crippen LogP contribution < -0.4 is 5.73 Å². The second kappa shape index (κ2) is 6.17. The molecule has 1 aromatic rings. The zero-order chi connectivity index (χ0) is 13.8. The number of carbonyl (C=O) groups excluding carboxylic acids is 1. The van der Waals surface area contributed by atoms with Gasteiger partial charge in [0.15, 0.2) is 0 Å². The molecule has 0 unspecified atom stereocenters. The highest BCUT2D eigenvalue weighted by Gasteiger charge is 2.27. The van der Waals surface area contributed by atoms with Crippen LogP contribution in [0.1, 0.15) is 36.2 Å². The predicted molar refractivity (Wildman–Crippen MR) is 74.9 cm³/mol. The summed E-state index contributed by atoms with van der Waals surface area (Å²) in [6.07, 6.45) is 1.18. The van der Waals surface area contributed by atoms with Crippen molar-refractivity contribution in [1.29, 1.82) is 0 Å². The maximum absolute atomic E-state index is 12.4. The Bertz CT molecular complexity index is 430. The summed E-state index contributed by atoms with van der Waals surface area (Å²) in [5, 5.41) is 0. The van der Waals surface area contributed by atoms with Crippen molar-refractivity contribution >= 4 is 5.91 Å². The Hall–Kier alpha value is -1.39. The van der Waals surface area contributed by atoms with Gasteiger partial charge in [-0.1, -0.05) is 19.1 Å². The summed E-state index contributed by atoms with van der Waals surface area (Å²) in [6, 6.07) is 7.53. The topological polar surface area (TPSA) is 55.6 Å². The zero-order valence-electron chi connectivity index (χ0n) is 11.6. The molecule has 0 aliphatic carbocycles. The van der Waals surface area contributed by atoms with Crippen molar-refractivity contribution in [3.63, 3.8) is 0 Å². The van der Waals surface area contributed by atoms with E-state index < -0.39 is 0 Å². The van der Waals surface area contributed by atoms with Gasteiger partial charge < -0.3 is 15.4 Å². The van der Waals surface area contributed by atoms with Crippen molar-refractivity contribution in [2.75, 3.05) is 13.1 Å². The number of amides is 1. The molecule has 1 saturated heterocycles. The van der Waals surface area contributed by atoms with Crippen molar-refractivity contribution < 1.29 is 9.53 Å². The largest absolute Gasteiger partial charge is 0.372 e. The molecule has 0 bridgehead atoms. The normalized spacial score (nSPS) is 23.4. The third-order valence-corrected chi connectivity index (χ3v) is 3.51. The lowest BCUT2D eigenvalue weighted by Crippen LogP contribution is -2.48. The van der Waals surface area contributed by atoms with E-state index in [4.69, 9.17) is 10.5 Å². The zero-order valence-corrected chi connectivity index (χ0v) is 11.6. The minimum absolute atomic E-state index is 0.0807. The molecule has 0 aromatic heterocycles. The van der Waals surface area contributed by atoms with Crippen LogP contribution in [0.25, 0.3) is 0 Å². The average Bonchev–Trinajstić information content (AvgIpc) is 2.46. The fourth-order valence-corrected chi connectivity index (χ4v) is 2.40. The van der Waals surface area contributed by atoms with Gasteiger partial charge in [-0.3, -0.25) is 4.79 Å². The van der Waals surface area contributed by atoms with Crippen LogP contribution in [0.15, 0.2) is 24.3 Å². The van der Waals surface area contributed by atoms with Crippen molar-refractivity contribution in [3.05, 3.63) is 35.4 Å². The number of ether oxygens (including phenoxy) is 1. The molecule has 1 heterocycles. The number of hydrogen-bond donors (Lipinski definition) is 1. The lowest BCUT2D eigenvalue weighted by molar-refractivity contribution is -0.0681. The predicted octanol–water partition coefficient (Wildman–Crippen LogP) is 1.78. The number of carbonyl (C=O) groups is 1. The number of benzene rings is 1. The SMILES string of the molecule is CC[C@@H]1CN(C(=O)c2ccc(CN)cc2)C[C@@H](C)O1. The fourth-order valence-electron chi connectivity index (χ4n) is 2.40. The molecule has 1 amide bonds. The first-order chi connectivity index (χ1) is 9.13. The Morgan fingerprint density at radius 3 is 2.63 bits per heavy atom. The van der Waals surface area contributed by atoms with Crippen molar-refractivity contribution in [1.82, 2.24) is 4.90 Å². The Morgan fingerprint density at radius 1 is 1.37 bits per heavy atom. The Balaban J connectivity index is 2.09. The molecular formula is C15H22N2O2. The van der Waals surface area contributed by atoms with E-state index in [1.807, 2.05) is 36.1 Å². The van der Waals surface area contributed by atoms with E-state index in [9.17, 15) is 4.79 Å². The van der Waals surface area contributed by atoms with Gasteiger partial charge in [-0.25, -0.2) is 0 Å². The minimum atomic E-state index is 0.0807. The lowest BCUT2D eigenvalue weighted by atomic mass is 10.1. The highest BCUT2D eigenvalue weighted by atomic mass is 16.5. The molecule has 19 heavy (non-hydrogen) atoms. The number of nitrogens with zero attached hydrogens (tertiary/aromatic N) is 1. The van der Waals surface area contributed by atoms with Gasteiger partial charge in [0.25, 0.3) is 5.91 Å². The maximum atomic E-state index is 12.4. The van der Waals surface area contributed by atoms with E-state index in [1.54, 1.807) is 0 Å². The molecule has 1 aliphatic rings. The number of nitrogens with two attached hydrogens (primary N) is 1. The summed E-state index contributed by atoms with van der Waals surface area (Å²) >= 11 is 0. The highest BCUT2D eigenvalue weighted by Crippen LogP contribution is 2.16. The first-order valence-corrected chi connectivity index (χ1v) is 6.87. The smallest absolute Gasteiger partial charge is 0.254 e. The van der Waals surface area contributed by atoms with Crippen LogP contribution in [0.3, 0.4) is 0 Å². The van der Waals surface area contributed by atoms with E-state index in [2.05, 4.69) is 6.92 Å². The number of hydrogen-bond acceptors (Lipinski definition) is 3. The summed E-state index contributed by atoms with van der Waals surface area (Å²) in [5.41, 5.74) is 7.32. The van der Waals surface area contributed by atoms with E-state index in [-0.39, 0.29) is 18.1 Å². The monoisotopic (exact) mass is 262 g/mol. The molecule has 0 saturated carbocycles. The van der Waals surface area contributed by atoms with Crippen LogP contribution in [0, 0.1) is 0 Å². The van der Waals surface area contributed by atoms with Crippen LogP contribution in [0.2, 0.25) is 0 Å². The summed E-state index contributed by atoms with van der Waals surface area (Å²) < 4.78 is 5.78. The third-order valence-electron chi connectivity index (χ3n) is 3.51. The van der Waals surface area contributed by atoms with Gasteiger partial charge in [0.05, 0.1) is 12.2 Å². The van der Waals surface area contributed by atoms with Crippen molar-refractivity contribution in [2.45, 2.75) is 39.0 Å². The van der Waals surface area contributed by atoms with Crippen LogP contribution in [-0.2, 0) is 11.3 Å². The second-order valence-corrected chi connectivity index (χ2v) is 5.09. The number of rotatable bonds is 3. The van der Waals surface area contributed by atoms with Gasteiger partial charge in [0.2, 0.25) is 0 Å². The second-order valence-electron chi connectivity index (χ2n) is 5.09. The van der Waals surface area contributed by atoms with Crippen molar-refractivity contribution in [2.24, 2.45) is 5.73 Å². The Morgan fingerprint density at radius 2 is 2.05 bits per heavy atom. The van der Waals surface area contributed by atoms with E-state index in [0.29, 0.717) is 19.6 Å². The number of morpholine rings is 1. The van der Waals surface area contributed by atoms with Gasteiger partial charge in [0.1, 0.15) is 0 Å². The summed E-state index contributed by atoms with van der Waals surface area (Å²) in [5.74, 6) is 0.0807. The van der Waals surface area contributed by atoms with Gasteiger partial charge in [-0.2, -0.15) is 0 Å². The fraction of sp³-hybridized carbons (Fsp3) is 0.533. The molecule has 2 atom stereocenters. The maximum Gasteiger partial charge on any atom is 0.254 e. The van der Waals surface area contributed by atoms with Gasteiger partial charge in [-0.15, -0.1) is 0 Å². The van der Waals surface area contributed by atoms with Crippen LogP contribution in [-0.4, -0.2) is 36.1 Å². The molecule has 0 spiro atoms. The van der Waals surface area contributed by atoms with Gasteiger partial charge in [-0.05, 0) is 31.0 Å². The van der Waals surface area contributed by atoms with E-state index in [1.165, 1.54) is 0 Å². The Kier molecular flexibility index (Phi) is 4.56. The van der Waals surface area contributed by atoms with E-state index >= 15 is 0 Å². The van der Waals surface area contributed by atoms with Crippen molar-refractivity contribution in [3.8, 4) is 0 Å². The molecule has 104 valence electrons. The molecule has 4 nitrogen and oxygen atoms in total. The van der Waals surface area contributed by atoms with E-state index in [0.717, 1.165) is 17.5 Å². The molecular weight excluding hydrogens is 240 g/mol. The molecule has 4 heteroatoms. The first kappa shape index (κ1) is 14.0.